The van der Waals surface area contributed by atoms with Crippen molar-refractivity contribution in [1.82, 2.24) is 4.98 Å². The monoisotopic (exact) mass is 338 g/mol. The van der Waals surface area contributed by atoms with Crippen LogP contribution in [0.4, 0.5) is 5.88 Å². The molecule has 2 aromatic rings. The van der Waals surface area contributed by atoms with E-state index in [0.717, 1.165) is 24.2 Å². The Bertz CT molecular complexity index is 783. The zero-order chi connectivity index (χ0) is 18.1. The summed E-state index contributed by atoms with van der Waals surface area (Å²) < 4.78 is 10.9. The van der Waals surface area contributed by atoms with E-state index in [1.807, 2.05) is 36.4 Å². The Balaban J connectivity index is 2.04. The third-order valence-electron chi connectivity index (χ3n) is 3.83. The van der Waals surface area contributed by atoms with Crippen LogP contribution in [0.1, 0.15) is 49.8 Å². The van der Waals surface area contributed by atoms with Gasteiger partial charge in [-0.25, -0.2) is 10.4 Å². The fourth-order valence-electron chi connectivity index (χ4n) is 2.39. The Labute approximate surface area is 147 Å². The summed E-state index contributed by atoms with van der Waals surface area (Å²) in [5.74, 6) is 1.84. The molecule has 25 heavy (non-hydrogen) atoms. The average Bonchev–Trinajstić information content (AvgIpc) is 3.05. The number of para-hydroxylation sites is 1. The van der Waals surface area contributed by atoms with Crippen molar-refractivity contribution in [2.75, 3.05) is 12.5 Å². The van der Waals surface area contributed by atoms with Gasteiger partial charge in [-0.1, -0.05) is 32.0 Å². The van der Waals surface area contributed by atoms with Gasteiger partial charge in [0.1, 0.15) is 11.8 Å². The number of anilines is 1. The van der Waals surface area contributed by atoms with Crippen LogP contribution in [-0.2, 0) is 0 Å². The van der Waals surface area contributed by atoms with Crippen molar-refractivity contribution >= 4 is 18.2 Å². The van der Waals surface area contributed by atoms with Gasteiger partial charge in [-0.3, -0.25) is 0 Å². The number of allylic oxidation sites excluding steroid dienone is 1. The van der Waals surface area contributed by atoms with E-state index in [0.29, 0.717) is 5.89 Å². The summed E-state index contributed by atoms with van der Waals surface area (Å²) in [6, 6.07) is 9.71. The molecule has 0 aliphatic rings. The lowest BCUT2D eigenvalue weighted by atomic mass is 10.0. The molecule has 0 aliphatic carbocycles. The molecule has 2 rings (SSSR count). The summed E-state index contributed by atoms with van der Waals surface area (Å²) >= 11 is 0. The van der Waals surface area contributed by atoms with Crippen LogP contribution in [-0.4, -0.2) is 18.3 Å². The van der Waals surface area contributed by atoms with Gasteiger partial charge in [0.05, 0.1) is 7.11 Å². The molecule has 0 unspecified atom stereocenters. The van der Waals surface area contributed by atoms with Gasteiger partial charge in [0, 0.05) is 17.7 Å². The quantitative estimate of drug-likeness (QED) is 0.563. The van der Waals surface area contributed by atoms with Gasteiger partial charge in [-0.15, -0.1) is 0 Å². The Morgan fingerprint density at radius 1 is 1.36 bits per heavy atom. The molecule has 0 amide bonds. The summed E-state index contributed by atoms with van der Waals surface area (Å²) in [6.07, 6.45) is 7.05. The second-order valence-electron chi connectivity index (χ2n) is 5.35. The highest BCUT2D eigenvalue weighted by Crippen LogP contribution is 2.27. The molecule has 0 bridgehead atoms. The highest BCUT2D eigenvalue weighted by atomic mass is 16.5. The van der Waals surface area contributed by atoms with Crippen molar-refractivity contribution in [2.45, 2.75) is 32.6 Å². The fourth-order valence-corrected chi connectivity index (χ4v) is 2.39. The van der Waals surface area contributed by atoms with Crippen molar-refractivity contribution in [3.8, 4) is 11.8 Å². The van der Waals surface area contributed by atoms with Crippen molar-refractivity contribution < 1.29 is 9.15 Å². The third-order valence-corrected chi connectivity index (χ3v) is 3.83. The first-order valence-corrected chi connectivity index (χ1v) is 8.23. The second kappa shape index (κ2) is 9.28. The van der Waals surface area contributed by atoms with Gasteiger partial charge in [-0.05, 0) is 31.1 Å². The van der Waals surface area contributed by atoms with E-state index < -0.39 is 0 Å². The molecule has 1 heterocycles. The number of hydrazone groups is 1. The van der Waals surface area contributed by atoms with Crippen LogP contribution in [0.15, 0.2) is 39.9 Å². The number of oxazole rings is 1. The SMILES string of the molecule is CCC(CC)c1nc(C#N)c(N/N=C/C=C\c2ccccc2OC)o1. The van der Waals surface area contributed by atoms with Gasteiger partial charge in [0.25, 0.3) is 5.88 Å². The van der Waals surface area contributed by atoms with Crippen LogP contribution in [0.5, 0.6) is 5.75 Å². The molecule has 0 spiro atoms. The standard InChI is InChI=1S/C19H22N4O2/c1-4-14(5-2)18-22-16(13-20)19(25-18)23-21-12-8-10-15-9-6-7-11-17(15)24-3/h6-12,14,23H,4-5H2,1-3H3/b10-8-,21-12+. The van der Waals surface area contributed by atoms with Gasteiger partial charge in [-0.2, -0.15) is 10.4 Å². The molecule has 0 atom stereocenters. The zero-order valence-corrected chi connectivity index (χ0v) is 14.7. The topological polar surface area (TPSA) is 83.4 Å². The molecule has 0 saturated heterocycles. The Kier molecular flexibility index (Phi) is 6.78. The Morgan fingerprint density at radius 3 is 2.80 bits per heavy atom. The molecular formula is C19H22N4O2. The van der Waals surface area contributed by atoms with Crippen molar-refractivity contribution in [2.24, 2.45) is 5.10 Å². The molecule has 0 radical (unpaired) electrons. The van der Waals surface area contributed by atoms with Crippen molar-refractivity contribution in [3.05, 3.63) is 47.5 Å². The maximum atomic E-state index is 9.18. The molecule has 0 saturated carbocycles. The van der Waals surface area contributed by atoms with Gasteiger partial charge in [0.15, 0.2) is 0 Å². The van der Waals surface area contributed by atoms with Crippen molar-refractivity contribution in [1.29, 1.82) is 5.26 Å². The van der Waals surface area contributed by atoms with Gasteiger partial charge >= 0.3 is 0 Å². The van der Waals surface area contributed by atoms with E-state index in [-0.39, 0.29) is 17.5 Å². The molecule has 6 nitrogen and oxygen atoms in total. The summed E-state index contributed by atoms with van der Waals surface area (Å²) in [4.78, 5) is 4.24. The first-order valence-electron chi connectivity index (χ1n) is 8.23. The number of methoxy groups -OCH3 is 1. The highest BCUT2D eigenvalue weighted by molar-refractivity contribution is 5.79. The summed E-state index contributed by atoms with van der Waals surface area (Å²) in [7, 11) is 1.63. The highest BCUT2D eigenvalue weighted by Gasteiger charge is 2.18. The number of aromatic nitrogens is 1. The van der Waals surface area contributed by atoms with Gasteiger partial charge in [0.2, 0.25) is 11.6 Å². The van der Waals surface area contributed by atoms with Gasteiger partial charge < -0.3 is 9.15 Å². The maximum Gasteiger partial charge on any atom is 0.252 e. The van der Waals surface area contributed by atoms with Crippen LogP contribution >= 0.6 is 0 Å². The third kappa shape index (κ3) is 4.70. The van der Waals surface area contributed by atoms with Crippen LogP contribution in [0.3, 0.4) is 0 Å². The molecule has 6 heteroatoms. The largest absolute Gasteiger partial charge is 0.496 e. The first kappa shape index (κ1) is 18.3. The number of rotatable bonds is 8. The molecule has 0 fully saturated rings. The number of benzene rings is 1. The average molecular weight is 338 g/mol. The summed E-state index contributed by atoms with van der Waals surface area (Å²) in [6.45, 7) is 4.14. The molecule has 1 aromatic carbocycles. The predicted molar refractivity (Wildman–Crippen MR) is 98.7 cm³/mol. The van der Waals surface area contributed by atoms with E-state index in [9.17, 15) is 5.26 Å². The smallest absolute Gasteiger partial charge is 0.252 e. The number of hydrogen-bond donors (Lipinski definition) is 1. The maximum absolute atomic E-state index is 9.18. The van der Waals surface area contributed by atoms with E-state index in [1.165, 1.54) is 0 Å². The Hall–Kier alpha value is -3.07. The van der Waals surface area contributed by atoms with E-state index >= 15 is 0 Å². The number of nitrogens with zero attached hydrogens (tertiary/aromatic N) is 3. The number of nitriles is 1. The number of nitrogens with one attached hydrogen (secondary N) is 1. The fraction of sp³-hybridized carbons (Fsp3) is 0.316. The van der Waals surface area contributed by atoms with Crippen LogP contribution in [0.25, 0.3) is 6.08 Å². The van der Waals surface area contributed by atoms with E-state index in [2.05, 4.69) is 29.4 Å². The second-order valence-corrected chi connectivity index (χ2v) is 5.35. The lowest BCUT2D eigenvalue weighted by Gasteiger charge is -2.05. The molecule has 1 N–H and O–H groups in total. The minimum absolute atomic E-state index is 0.206. The lowest BCUT2D eigenvalue weighted by molar-refractivity contribution is 0.414. The van der Waals surface area contributed by atoms with E-state index in [1.54, 1.807) is 19.4 Å². The lowest BCUT2D eigenvalue weighted by Crippen LogP contribution is -1.95. The predicted octanol–water partition coefficient (Wildman–Crippen LogP) is 4.57. The number of hydrogen-bond acceptors (Lipinski definition) is 6. The van der Waals surface area contributed by atoms with E-state index in [4.69, 9.17) is 9.15 Å². The molecule has 1 aromatic heterocycles. The minimum atomic E-state index is 0.206. The van der Waals surface area contributed by atoms with Crippen LogP contribution in [0, 0.1) is 11.3 Å². The number of ether oxygens (including phenoxy) is 1. The normalized spacial score (nSPS) is 11.3. The zero-order valence-electron chi connectivity index (χ0n) is 14.7. The first-order chi connectivity index (χ1) is 12.2. The molecular weight excluding hydrogens is 316 g/mol. The summed E-state index contributed by atoms with van der Waals surface area (Å²) in [5, 5.41) is 13.2. The van der Waals surface area contributed by atoms with Crippen LogP contribution < -0.4 is 10.2 Å². The molecule has 0 aliphatic heterocycles. The summed E-state index contributed by atoms with van der Waals surface area (Å²) in [5.41, 5.74) is 3.90. The van der Waals surface area contributed by atoms with Crippen LogP contribution in [0.2, 0.25) is 0 Å². The molecule has 130 valence electrons. The van der Waals surface area contributed by atoms with Crippen molar-refractivity contribution in [3.63, 3.8) is 0 Å². The minimum Gasteiger partial charge on any atom is -0.496 e. The Morgan fingerprint density at radius 2 is 2.12 bits per heavy atom.